The number of amides is 2. The van der Waals surface area contributed by atoms with Gasteiger partial charge in [-0.25, -0.2) is 0 Å². The summed E-state index contributed by atoms with van der Waals surface area (Å²) in [5.74, 6) is 0.326. The summed E-state index contributed by atoms with van der Waals surface area (Å²) in [7, 11) is 0. The molecule has 1 saturated heterocycles. The van der Waals surface area contributed by atoms with Crippen molar-refractivity contribution < 1.29 is 14.0 Å². The Labute approximate surface area is 117 Å². The zero-order valence-electron chi connectivity index (χ0n) is 11.3. The molecule has 2 amide bonds. The van der Waals surface area contributed by atoms with Gasteiger partial charge in [0.1, 0.15) is 5.76 Å². The fourth-order valence-electron chi connectivity index (χ4n) is 2.32. The topological polar surface area (TPSA) is 115 Å². The van der Waals surface area contributed by atoms with E-state index >= 15 is 0 Å². The highest BCUT2D eigenvalue weighted by Crippen LogP contribution is 2.12. The van der Waals surface area contributed by atoms with E-state index in [0.29, 0.717) is 5.76 Å². The molecule has 20 heavy (non-hydrogen) atoms. The summed E-state index contributed by atoms with van der Waals surface area (Å²) in [5.41, 5.74) is 10.6. The smallest absolute Gasteiger partial charge is 0.287 e. The van der Waals surface area contributed by atoms with Crippen molar-refractivity contribution in [2.45, 2.75) is 25.4 Å². The van der Waals surface area contributed by atoms with Gasteiger partial charge in [-0.1, -0.05) is 0 Å². The number of hydrogen-bond acceptors (Lipinski definition) is 5. The number of primary amides is 1. The van der Waals surface area contributed by atoms with Crippen LogP contribution in [-0.2, 0) is 11.3 Å². The molecule has 7 heteroatoms. The van der Waals surface area contributed by atoms with E-state index < -0.39 is 0 Å². The molecule has 7 nitrogen and oxygen atoms in total. The molecule has 1 fully saturated rings. The number of nitrogens with two attached hydrogens (primary N) is 2. The number of carbonyl (C=O) groups is 2. The molecule has 2 rings (SSSR count). The van der Waals surface area contributed by atoms with Gasteiger partial charge >= 0.3 is 0 Å². The van der Waals surface area contributed by atoms with E-state index in [2.05, 4.69) is 5.32 Å². The van der Waals surface area contributed by atoms with Gasteiger partial charge in [-0.2, -0.15) is 0 Å². The van der Waals surface area contributed by atoms with Crippen LogP contribution in [0.4, 0.5) is 0 Å². The van der Waals surface area contributed by atoms with Crippen LogP contribution in [0.15, 0.2) is 16.5 Å². The normalized spacial score (nSPS) is 17.1. The molecule has 5 N–H and O–H groups in total. The van der Waals surface area contributed by atoms with Gasteiger partial charge in [-0.15, -0.1) is 0 Å². The standard InChI is InChI=1S/C13H20N4O3/c14-7-10-1-2-11(20-10)13(19)16-9-3-5-17(6-4-9)8-12(15)18/h1-2,9H,3-8,14H2,(H2,15,18)(H,16,19). The molecular weight excluding hydrogens is 260 g/mol. The molecule has 0 aliphatic carbocycles. The maximum atomic E-state index is 12.0. The van der Waals surface area contributed by atoms with Gasteiger partial charge in [-0.05, 0) is 25.0 Å². The lowest BCUT2D eigenvalue weighted by molar-refractivity contribution is -0.119. The molecule has 110 valence electrons. The van der Waals surface area contributed by atoms with Gasteiger partial charge in [0.2, 0.25) is 5.91 Å². The Morgan fingerprint density at radius 3 is 2.60 bits per heavy atom. The molecule has 0 unspecified atom stereocenters. The third-order valence-electron chi connectivity index (χ3n) is 3.39. The first-order chi connectivity index (χ1) is 9.58. The Morgan fingerprint density at radius 2 is 2.05 bits per heavy atom. The molecule has 0 bridgehead atoms. The van der Waals surface area contributed by atoms with E-state index in [1.807, 2.05) is 4.90 Å². The molecule has 1 aliphatic rings. The molecule has 1 aromatic rings. The highest BCUT2D eigenvalue weighted by molar-refractivity contribution is 5.91. The highest BCUT2D eigenvalue weighted by Gasteiger charge is 2.22. The van der Waals surface area contributed by atoms with E-state index in [1.165, 1.54) is 0 Å². The van der Waals surface area contributed by atoms with Crippen molar-refractivity contribution >= 4 is 11.8 Å². The van der Waals surface area contributed by atoms with E-state index in [4.69, 9.17) is 15.9 Å². The summed E-state index contributed by atoms with van der Waals surface area (Å²) < 4.78 is 5.30. The minimum Gasteiger partial charge on any atom is -0.455 e. The van der Waals surface area contributed by atoms with E-state index in [-0.39, 0.29) is 36.7 Å². The van der Waals surface area contributed by atoms with Crippen LogP contribution in [0.1, 0.15) is 29.2 Å². The van der Waals surface area contributed by atoms with Gasteiger partial charge in [0, 0.05) is 19.1 Å². The molecule has 0 radical (unpaired) electrons. The van der Waals surface area contributed by atoms with Crippen molar-refractivity contribution in [2.24, 2.45) is 11.5 Å². The van der Waals surface area contributed by atoms with Crippen LogP contribution >= 0.6 is 0 Å². The quantitative estimate of drug-likeness (QED) is 0.667. The van der Waals surface area contributed by atoms with E-state index in [9.17, 15) is 9.59 Å². The number of nitrogens with one attached hydrogen (secondary N) is 1. The van der Waals surface area contributed by atoms with E-state index in [0.717, 1.165) is 25.9 Å². The Kier molecular flexibility index (Phi) is 4.75. The van der Waals surface area contributed by atoms with Crippen LogP contribution < -0.4 is 16.8 Å². The Bertz CT molecular complexity index is 478. The summed E-state index contributed by atoms with van der Waals surface area (Å²) >= 11 is 0. The number of carbonyl (C=O) groups excluding carboxylic acids is 2. The summed E-state index contributed by atoms with van der Waals surface area (Å²) in [4.78, 5) is 24.8. The van der Waals surface area contributed by atoms with Crippen LogP contribution in [-0.4, -0.2) is 42.4 Å². The zero-order chi connectivity index (χ0) is 14.5. The number of piperidine rings is 1. The van der Waals surface area contributed by atoms with Crippen molar-refractivity contribution in [1.29, 1.82) is 0 Å². The maximum absolute atomic E-state index is 12.0. The average molecular weight is 280 g/mol. The second-order valence-electron chi connectivity index (χ2n) is 4.96. The van der Waals surface area contributed by atoms with E-state index in [1.54, 1.807) is 12.1 Å². The fraction of sp³-hybridized carbons (Fsp3) is 0.538. The van der Waals surface area contributed by atoms with Gasteiger partial charge in [-0.3, -0.25) is 14.5 Å². The lowest BCUT2D eigenvalue weighted by atomic mass is 10.0. The predicted octanol–water partition coefficient (Wildman–Crippen LogP) is -0.582. The molecule has 0 spiro atoms. The maximum Gasteiger partial charge on any atom is 0.287 e. The summed E-state index contributed by atoms with van der Waals surface area (Å²) in [5, 5.41) is 2.93. The second kappa shape index (κ2) is 6.53. The SMILES string of the molecule is NCc1ccc(C(=O)NC2CCN(CC(N)=O)CC2)o1. The Hall–Kier alpha value is -1.86. The lowest BCUT2D eigenvalue weighted by Crippen LogP contribution is -2.46. The number of nitrogens with zero attached hydrogens (tertiary/aromatic N) is 1. The van der Waals surface area contributed by atoms with Crippen molar-refractivity contribution in [2.75, 3.05) is 19.6 Å². The Morgan fingerprint density at radius 1 is 1.35 bits per heavy atom. The van der Waals surface area contributed by atoms with Gasteiger partial charge in [0.05, 0.1) is 13.1 Å². The third-order valence-corrected chi connectivity index (χ3v) is 3.39. The minimum absolute atomic E-state index is 0.0954. The minimum atomic E-state index is -0.322. The van der Waals surface area contributed by atoms with Crippen LogP contribution in [0.3, 0.4) is 0 Å². The summed E-state index contributed by atoms with van der Waals surface area (Å²) in [6.07, 6.45) is 1.59. The molecule has 1 aromatic heterocycles. The largest absolute Gasteiger partial charge is 0.455 e. The number of hydrogen-bond donors (Lipinski definition) is 3. The molecule has 0 aromatic carbocycles. The first-order valence-electron chi connectivity index (χ1n) is 6.69. The first kappa shape index (κ1) is 14.5. The summed E-state index contributed by atoms with van der Waals surface area (Å²) in [6.45, 7) is 2.05. The lowest BCUT2D eigenvalue weighted by Gasteiger charge is -2.31. The van der Waals surface area contributed by atoms with Gasteiger partial charge in [0.25, 0.3) is 5.91 Å². The summed E-state index contributed by atoms with van der Waals surface area (Å²) in [6, 6.07) is 3.42. The van der Waals surface area contributed by atoms with Crippen molar-refractivity contribution in [3.63, 3.8) is 0 Å². The molecule has 0 atom stereocenters. The number of likely N-dealkylation sites (tertiary alicyclic amines) is 1. The number of furan rings is 1. The molecule has 1 aliphatic heterocycles. The fourth-order valence-corrected chi connectivity index (χ4v) is 2.32. The van der Waals surface area contributed by atoms with Crippen LogP contribution in [0.2, 0.25) is 0 Å². The monoisotopic (exact) mass is 280 g/mol. The Balaban J connectivity index is 1.80. The molecule has 2 heterocycles. The van der Waals surface area contributed by atoms with Crippen molar-refractivity contribution in [1.82, 2.24) is 10.2 Å². The average Bonchev–Trinajstić information content (AvgIpc) is 2.89. The first-order valence-corrected chi connectivity index (χ1v) is 6.69. The highest BCUT2D eigenvalue weighted by atomic mass is 16.4. The van der Waals surface area contributed by atoms with Crippen molar-refractivity contribution in [3.05, 3.63) is 23.7 Å². The number of rotatable bonds is 5. The van der Waals surface area contributed by atoms with Gasteiger partial charge in [0.15, 0.2) is 5.76 Å². The predicted molar refractivity (Wildman–Crippen MR) is 72.7 cm³/mol. The van der Waals surface area contributed by atoms with Gasteiger partial charge < -0.3 is 21.2 Å². The van der Waals surface area contributed by atoms with Crippen LogP contribution in [0.25, 0.3) is 0 Å². The van der Waals surface area contributed by atoms with Crippen molar-refractivity contribution in [3.8, 4) is 0 Å². The second-order valence-corrected chi connectivity index (χ2v) is 4.96. The third kappa shape index (κ3) is 3.82. The molecule has 0 saturated carbocycles. The zero-order valence-corrected chi connectivity index (χ0v) is 11.3. The molecular formula is C13H20N4O3. The van der Waals surface area contributed by atoms with Crippen LogP contribution in [0.5, 0.6) is 0 Å². The van der Waals surface area contributed by atoms with Crippen LogP contribution in [0, 0.1) is 0 Å².